The molecule has 138 valence electrons. The molecule has 3 aromatic rings. The van der Waals surface area contributed by atoms with Crippen LogP contribution in [-0.2, 0) is 6.61 Å². The van der Waals surface area contributed by atoms with Gasteiger partial charge in [-0.2, -0.15) is 0 Å². The van der Waals surface area contributed by atoms with Gasteiger partial charge in [-0.15, -0.1) is 0 Å². The normalized spacial score (nSPS) is 10.9. The summed E-state index contributed by atoms with van der Waals surface area (Å²) in [5.74, 6) is 1.28. The molecule has 1 aromatic heterocycles. The molecular formula is C20H18N2O5. The van der Waals surface area contributed by atoms with Gasteiger partial charge in [0.15, 0.2) is 17.2 Å². The first kappa shape index (κ1) is 18.2. The van der Waals surface area contributed by atoms with Gasteiger partial charge in [-0.05, 0) is 36.3 Å². The standard InChI is InChI=1S/C20H18N2O5/c1-14-20(22(23)24)18(27-21-14)11-9-15-8-10-17(19(12-15)25-2)26-13-16-6-4-3-5-7-16/h3-12H,13H2,1-2H3. The number of aryl methyl sites for hydroxylation is 1. The summed E-state index contributed by atoms with van der Waals surface area (Å²) < 4.78 is 16.2. The van der Waals surface area contributed by atoms with Crippen molar-refractivity contribution in [2.24, 2.45) is 0 Å². The second-order valence-electron chi connectivity index (χ2n) is 5.76. The Balaban J connectivity index is 1.77. The lowest BCUT2D eigenvalue weighted by atomic mass is 10.1. The highest BCUT2D eigenvalue weighted by molar-refractivity contribution is 5.72. The van der Waals surface area contributed by atoms with E-state index in [1.165, 1.54) is 13.0 Å². The topological polar surface area (TPSA) is 87.6 Å². The molecule has 0 N–H and O–H groups in total. The number of nitro groups is 1. The molecule has 0 radical (unpaired) electrons. The van der Waals surface area contributed by atoms with E-state index in [-0.39, 0.29) is 17.1 Å². The molecular weight excluding hydrogens is 348 g/mol. The third-order valence-electron chi connectivity index (χ3n) is 3.89. The molecule has 0 saturated carbocycles. The minimum atomic E-state index is -0.507. The van der Waals surface area contributed by atoms with Crippen LogP contribution in [0.2, 0.25) is 0 Å². The average molecular weight is 366 g/mol. The van der Waals surface area contributed by atoms with Crippen LogP contribution in [-0.4, -0.2) is 17.2 Å². The number of nitrogens with zero attached hydrogens (tertiary/aromatic N) is 2. The molecule has 0 aliphatic heterocycles. The fraction of sp³-hybridized carbons (Fsp3) is 0.150. The van der Waals surface area contributed by atoms with Gasteiger partial charge < -0.3 is 14.0 Å². The molecule has 0 spiro atoms. The van der Waals surface area contributed by atoms with Crippen LogP contribution in [0.4, 0.5) is 5.69 Å². The monoisotopic (exact) mass is 366 g/mol. The van der Waals surface area contributed by atoms with Crippen molar-refractivity contribution in [3.8, 4) is 11.5 Å². The molecule has 1 heterocycles. The number of aromatic nitrogens is 1. The van der Waals surface area contributed by atoms with Crippen molar-refractivity contribution < 1.29 is 18.9 Å². The molecule has 7 heteroatoms. The fourth-order valence-electron chi connectivity index (χ4n) is 2.53. The maximum atomic E-state index is 11.1. The smallest absolute Gasteiger partial charge is 0.338 e. The highest BCUT2D eigenvalue weighted by Gasteiger charge is 2.21. The van der Waals surface area contributed by atoms with Gasteiger partial charge in [0, 0.05) is 0 Å². The molecule has 27 heavy (non-hydrogen) atoms. The van der Waals surface area contributed by atoms with Crippen LogP contribution < -0.4 is 9.47 Å². The minimum absolute atomic E-state index is 0.0980. The van der Waals surface area contributed by atoms with Crippen molar-refractivity contribution in [2.45, 2.75) is 13.5 Å². The van der Waals surface area contributed by atoms with Gasteiger partial charge in [-0.25, -0.2) is 0 Å². The van der Waals surface area contributed by atoms with E-state index in [2.05, 4.69) is 5.16 Å². The Morgan fingerprint density at radius 3 is 2.63 bits per heavy atom. The van der Waals surface area contributed by atoms with Crippen molar-refractivity contribution in [3.05, 3.63) is 81.2 Å². The first-order valence-corrected chi connectivity index (χ1v) is 8.22. The van der Waals surface area contributed by atoms with E-state index in [0.29, 0.717) is 18.1 Å². The van der Waals surface area contributed by atoms with Crippen molar-refractivity contribution in [2.75, 3.05) is 7.11 Å². The molecule has 3 rings (SSSR count). The molecule has 0 atom stereocenters. The van der Waals surface area contributed by atoms with Gasteiger partial charge in [0.2, 0.25) is 5.76 Å². The van der Waals surface area contributed by atoms with E-state index < -0.39 is 4.92 Å². The Morgan fingerprint density at radius 2 is 1.93 bits per heavy atom. The summed E-state index contributed by atoms with van der Waals surface area (Å²) in [4.78, 5) is 10.6. The van der Waals surface area contributed by atoms with Crippen molar-refractivity contribution in [1.29, 1.82) is 0 Å². The largest absolute Gasteiger partial charge is 0.493 e. The Hall–Kier alpha value is -3.61. The summed E-state index contributed by atoms with van der Waals surface area (Å²) in [5, 5.41) is 14.7. The quantitative estimate of drug-likeness (QED) is 0.447. The summed E-state index contributed by atoms with van der Waals surface area (Å²) in [7, 11) is 1.56. The van der Waals surface area contributed by atoms with E-state index in [1.54, 1.807) is 25.3 Å². The number of benzene rings is 2. The van der Waals surface area contributed by atoms with Gasteiger partial charge in [0.1, 0.15) is 6.61 Å². The second kappa shape index (κ2) is 8.18. The lowest BCUT2D eigenvalue weighted by molar-refractivity contribution is -0.386. The second-order valence-corrected chi connectivity index (χ2v) is 5.76. The molecule has 0 fully saturated rings. The fourth-order valence-corrected chi connectivity index (χ4v) is 2.53. The third kappa shape index (κ3) is 4.33. The zero-order valence-electron chi connectivity index (χ0n) is 14.9. The molecule has 0 unspecified atom stereocenters. The summed E-state index contributed by atoms with van der Waals surface area (Å²) >= 11 is 0. The van der Waals surface area contributed by atoms with Crippen LogP contribution in [0.5, 0.6) is 11.5 Å². The predicted octanol–water partition coefficient (Wildman–Crippen LogP) is 4.65. The van der Waals surface area contributed by atoms with Gasteiger partial charge in [0.25, 0.3) is 0 Å². The first-order valence-electron chi connectivity index (χ1n) is 8.22. The van der Waals surface area contributed by atoms with E-state index in [9.17, 15) is 10.1 Å². The summed E-state index contributed by atoms with van der Waals surface area (Å²) in [6, 6.07) is 15.2. The van der Waals surface area contributed by atoms with Crippen LogP contribution in [0.3, 0.4) is 0 Å². The molecule has 0 saturated heterocycles. The molecule has 0 aliphatic rings. The van der Waals surface area contributed by atoms with Gasteiger partial charge >= 0.3 is 5.69 Å². The van der Waals surface area contributed by atoms with Crippen LogP contribution >= 0.6 is 0 Å². The molecule has 7 nitrogen and oxygen atoms in total. The van der Waals surface area contributed by atoms with Crippen molar-refractivity contribution in [1.82, 2.24) is 5.16 Å². The zero-order chi connectivity index (χ0) is 19.2. The van der Waals surface area contributed by atoms with E-state index >= 15 is 0 Å². The number of hydrogen-bond acceptors (Lipinski definition) is 6. The number of rotatable bonds is 7. The summed E-state index contributed by atoms with van der Waals surface area (Å²) in [6.07, 6.45) is 3.20. The lowest BCUT2D eigenvalue weighted by Crippen LogP contribution is -1.97. The van der Waals surface area contributed by atoms with Crippen LogP contribution in [0, 0.1) is 17.0 Å². The maximum Gasteiger partial charge on any atom is 0.338 e. The van der Waals surface area contributed by atoms with Crippen LogP contribution in [0.15, 0.2) is 53.1 Å². The van der Waals surface area contributed by atoms with E-state index in [4.69, 9.17) is 14.0 Å². The van der Waals surface area contributed by atoms with Crippen LogP contribution in [0.1, 0.15) is 22.6 Å². The highest BCUT2D eigenvalue weighted by Crippen LogP contribution is 2.30. The van der Waals surface area contributed by atoms with Gasteiger partial charge in [-0.1, -0.05) is 47.6 Å². The third-order valence-corrected chi connectivity index (χ3v) is 3.89. The lowest BCUT2D eigenvalue weighted by Gasteiger charge is -2.11. The summed E-state index contributed by atoms with van der Waals surface area (Å²) in [6.45, 7) is 1.96. The zero-order valence-corrected chi connectivity index (χ0v) is 14.9. The summed E-state index contributed by atoms with van der Waals surface area (Å²) in [5.41, 5.74) is 1.93. The van der Waals surface area contributed by atoms with Crippen molar-refractivity contribution >= 4 is 17.8 Å². The van der Waals surface area contributed by atoms with Gasteiger partial charge in [-0.3, -0.25) is 10.1 Å². The predicted molar refractivity (Wildman–Crippen MR) is 101 cm³/mol. The highest BCUT2D eigenvalue weighted by atomic mass is 16.6. The number of hydrogen-bond donors (Lipinski definition) is 0. The van der Waals surface area contributed by atoms with E-state index in [1.807, 2.05) is 36.4 Å². The Morgan fingerprint density at radius 1 is 1.15 bits per heavy atom. The van der Waals surface area contributed by atoms with Crippen molar-refractivity contribution in [3.63, 3.8) is 0 Å². The van der Waals surface area contributed by atoms with Gasteiger partial charge in [0.05, 0.1) is 12.0 Å². The minimum Gasteiger partial charge on any atom is -0.493 e. The van der Waals surface area contributed by atoms with E-state index in [0.717, 1.165) is 11.1 Å². The Kier molecular flexibility index (Phi) is 5.51. The number of methoxy groups -OCH3 is 1. The molecule has 0 aliphatic carbocycles. The molecule has 2 aromatic carbocycles. The SMILES string of the molecule is COc1cc(C=Cc2onc(C)c2[N+](=O)[O-])ccc1OCc1ccccc1. The first-order chi connectivity index (χ1) is 13.1. The Labute approximate surface area is 156 Å². The van der Waals surface area contributed by atoms with Crippen LogP contribution in [0.25, 0.3) is 12.2 Å². The molecule has 0 amide bonds. The average Bonchev–Trinajstić information content (AvgIpc) is 3.06. The Bertz CT molecular complexity index is 964. The maximum absolute atomic E-state index is 11.1. The molecule has 0 bridgehead atoms. The number of ether oxygens (including phenoxy) is 2.